The molecule has 3 aromatic rings. The molecule has 0 amide bonds. The molecule has 0 atom stereocenters. The van der Waals surface area contributed by atoms with Crippen LogP contribution in [0.15, 0.2) is 30.3 Å². The van der Waals surface area contributed by atoms with E-state index in [2.05, 4.69) is 20.2 Å². The molecule has 18 heavy (non-hydrogen) atoms. The number of aromatic amines is 1. The van der Waals surface area contributed by atoms with E-state index in [-0.39, 0.29) is 5.95 Å². The van der Waals surface area contributed by atoms with Crippen LogP contribution in [0.25, 0.3) is 11.0 Å². The number of benzene rings is 1. The normalized spacial score (nSPS) is 10.9. The van der Waals surface area contributed by atoms with Crippen molar-refractivity contribution < 1.29 is 0 Å². The molecular formula is C12H12N6. The minimum absolute atomic E-state index is 0.137. The van der Waals surface area contributed by atoms with Gasteiger partial charge in [-0.15, -0.1) is 0 Å². The van der Waals surface area contributed by atoms with Crippen LogP contribution in [0, 0.1) is 0 Å². The smallest absolute Gasteiger partial charge is 0.224 e. The van der Waals surface area contributed by atoms with Gasteiger partial charge in [-0.3, -0.25) is 5.10 Å². The maximum absolute atomic E-state index is 5.86. The first kappa shape index (κ1) is 10.5. The molecular weight excluding hydrogens is 228 g/mol. The van der Waals surface area contributed by atoms with Crippen molar-refractivity contribution >= 4 is 22.8 Å². The van der Waals surface area contributed by atoms with Crippen molar-refractivity contribution in [1.82, 2.24) is 20.2 Å². The van der Waals surface area contributed by atoms with E-state index in [1.54, 1.807) is 0 Å². The zero-order chi connectivity index (χ0) is 12.5. The second-order valence-electron chi connectivity index (χ2n) is 4.03. The first-order chi connectivity index (χ1) is 8.74. The quantitative estimate of drug-likeness (QED) is 0.622. The predicted octanol–water partition coefficient (Wildman–Crippen LogP) is 1.11. The molecule has 0 spiro atoms. The summed E-state index contributed by atoms with van der Waals surface area (Å²) < 4.78 is 0. The lowest BCUT2D eigenvalue weighted by Crippen LogP contribution is -2.00. The monoisotopic (exact) mass is 240 g/mol. The van der Waals surface area contributed by atoms with Crippen molar-refractivity contribution in [3.63, 3.8) is 0 Å². The summed E-state index contributed by atoms with van der Waals surface area (Å²) in [5.74, 6) is 0.495. The number of anilines is 2. The summed E-state index contributed by atoms with van der Waals surface area (Å²) >= 11 is 0. The van der Waals surface area contributed by atoms with Gasteiger partial charge in [0.15, 0.2) is 5.65 Å². The zero-order valence-corrected chi connectivity index (χ0v) is 9.59. The summed E-state index contributed by atoms with van der Waals surface area (Å²) in [5, 5.41) is 7.79. The van der Waals surface area contributed by atoms with Crippen LogP contribution in [0.5, 0.6) is 0 Å². The number of hydrogen-bond acceptors (Lipinski definition) is 5. The summed E-state index contributed by atoms with van der Waals surface area (Å²) in [6.45, 7) is 0. The number of nitrogens with zero attached hydrogens (tertiary/aromatic N) is 3. The number of hydrogen-bond donors (Lipinski definition) is 3. The van der Waals surface area contributed by atoms with Gasteiger partial charge in [-0.05, 0) is 5.56 Å². The van der Waals surface area contributed by atoms with Crippen molar-refractivity contribution in [3.05, 3.63) is 41.6 Å². The predicted molar refractivity (Wildman–Crippen MR) is 69.8 cm³/mol. The molecule has 2 aromatic heterocycles. The van der Waals surface area contributed by atoms with Gasteiger partial charge in [0.25, 0.3) is 0 Å². The van der Waals surface area contributed by atoms with E-state index in [0.29, 0.717) is 17.9 Å². The second-order valence-corrected chi connectivity index (χ2v) is 4.03. The molecule has 0 bridgehead atoms. The van der Waals surface area contributed by atoms with Crippen LogP contribution in [0.3, 0.4) is 0 Å². The van der Waals surface area contributed by atoms with Gasteiger partial charge in [0.05, 0.1) is 11.1 Å². The molecule has 90 valence electrons. The lowest BCUT2D eigenvalue weighted by molar-refractivity contribution is 1.01. The zero-order valence-electron chi connectivity index (χ0n) is 9.59. The van der Waals surface area contributed by atoms with Crippen LogP contribution in [-0.4, -0.2) is 20.2 Å². The fourth-order valence-corrected chi connectivity index (χ4v) is 1.96. The molecule has 0 unspecified atom stereocenters. The number of nitrogens with two attached hydrogens (primary N) is 2. The molecule has 0 aliphatic heterocycles. The molecule has 0 aliphatic rings. The fraction of sp³-hybridized carbons (Fsp3) is 0.0833. The molecule has 0 saturated carbocycles. The molecule has 3 rings (SSSR count). The lowest BCUT2D eigenvalue weighted by Gasteiger charge is -2.01. The van der Waals surface area contributed by atoms with E-state index in [1.807, 2.05) is 30.3 Å². The van der Waals surface area contributed by atoms with E-state index in [4.69, 9.17) is 11.5 Å². The summed E-state index contributed by atoms with van der Waals surface area (Å²) in [6.07, 6.45) is 0.703. The van der Waals surface area contributed by atoms with E-state index in [1.165, 1.54) is 5.56 Å². The highest BCUT2D eigenvalue weighted by atomic mass is 15.2. The summed E-state index contributed by atoms with van der Waals surface area (Å²) in [7, 11) is 0. The minimum Gasteiger partial charge on any atom is -0.383 e. The molecule has 1 aromatic carbocycles. The number of rotatable bonds is 2. The molecule has 6 nitrogen and oxygen atoms in total. The molecule has 6 heteroatoms. The topological polar surface area (TPSA) is 106 Å². The van der Waals surface area contributed by atoms with Crippen molar-refractivity contribution in [2.75, 3.05) is 11.5 Å². The first-order valence-electron chi connectivity index (χ1n) is 5.54. The van der Waals surface area contributed by atoms with Crippen LogP contribution < -0.4 is 11.5 Å². The average molecular weight is 240 g/mol. The van der Waals surface area contributed by atoms with Crippen molar-refractivity contribution in [2.45, 2.75) is 6.42 Å². The van der Waals surface area contributed by atoms with Gasteiger partial charge in [-0.25, -0.2) is 0 Å². The van der Waals surface area contributed by atoms with Crippen LogP contribution in [0.1, 0.15) is 11.3 Å². The van der Waals surface area contributed by atoms with E-state index < -0.39 is 0 Å². The Hall–Kier alpha value is -2.63. The van der Waals surface area contributed by atoms with Crippen molar-refractivity contribution in [1.29, 1.82) is 0 Å². The van der Waals surface area contributed by atoms with Gasteiger partial charge in [0, 0.05) is 6.42 Å². The SMILES string of the molecule is Nc1nc(N)c2c(Cc3ccccc3)[nH]nc2n1. The third-order valence-corrected chi connectivity index (χ3v) is 2.76. The highest BCUT2D eigenvalue weighted by Crippen LogP contribution is 2.22. The Morgan fingerprint density at radius 2 is 1.83 bits per heavy atom. The number of aromatic nitrogens is 4. The number of nitrogens with one attached hydrogen (secondary N) is 1. The maximum atomic E-state index is 5.86. The van der Waals surface area contributed by atoms with Gasteiger partial charge >= 0.3 is 0 Å². The fourth-order valence-electron chi connectivity index (χ4n) is 1.96. The largest absolute Gasteiger partial charge is 0.383 e. The third kappa shape index (κ3) is 1.73. The lowest BCUT2D eigenvalue weighted by atomic mass is 10.1. The van der Waals surface area contributed by atoms with Gasteiger partial charge in [-0.2, -0.15) is 15.1 Å². The van der Waals surface area contributed by atoms with Crippen LogP contribution in [-0.2, 0) is 6.42 Å². The summed E-state index contributed by atoms with van der Waals surface area (Å²) in [4.78, 5) is 8.00. The maximum Gasteiger partial charge on any atom is 0.224 e. The van der Waals surface area contributed by atoms with Gasteiger partial charge in [0.2, 0.25) is 5.95 Å². The van der Waals surface area contributed by atoms with E-state index >= 15 is 0 Å². The highest BCUT2D eigenvalue weighted by Gasteiger charge is 2.12. The van der Waals surface area contributed by atoms with Crippen molar-refractivity contribution in [2.24, 2.45) is 0 Å². The Labute approximate surface area is 103 Å². The van der Waals surface area contributed by atoms with Crippen LogP contribution >= 0.6 is 0 Å². The van der Waals surface area contributed by atoms with E-state index in [0.717, 1.165) is 11.1 Å². The Bertz CT molecular complexity index is 688. The van der Waals surface area contributed by atoms with Gasteiger partial charge < -0.3 is 11.5 Å². The van der Waals surface area contributed by atoms with Crippen molar-refractivity contribution in [3.8, 4) is 0 Å². The summed E-state index contributed by atoms with van der Waals surface area (Å²) in [6, 6.07) is 10.0. The van der Waals surface area contributed by atoms with Crippen LogP contribution in [0.2, 0.25) is 0 Å². The molecule has 0 radical (unpaired) electrons. The van der Waals surface area contributed by atoms with Crippen LogP contribution in [0.4, 0.5) is 11.8 Å². The Balaban J connectivity index is 2.08. The second kappa shape index (κ2) is 3.99. The Morgan fingerprint density at radius 1 is 1.06 bits per heavy atom. The standard InChI is InChI=1S/C12H12N6/c13-10-9-8(6-7-4-2-1-3-5-7)17-18-11(9)16-12(14)15-10/h1-5H,6H2,(H5,13,14,15,16,17,18). The molecule has 5 N–H and O–H groups in total. The van der Waals surface area contributed by atoms with Gasteiger partial charge in [0.1, 0.15) is 5.82 Å². The number of H-pyrrole nitrogens is 1. The Morgan fingerprint density at radius 3 is 2.61 bits per heavy atom. The highest BCUT2D eigenvalue weighted by molar-refractivity contribution is 5.88. The number of nitrogen functional groups attached to an aromatic ring is 2. The van der Waals surface area contributed by atoms with Gasteiger partial charge in [-0.1, -0.05) is 30.3 Å². The third-order valence-electron chi connectivity index (χ3n) is 2.76. The first-order valence-corrected chi connectivity index (χ1v) is 5.54. The Kier molecular flexibility index (Phi) is 2.33. The molecule has 2 heterocycles. The number of fused-ring (bicyclic) bond motifs is 1. The molecule has 0 fully saturated rings. The minimum atomic E-state index is 0.137. The molecule has 0 saturated heterocycles. The summed E-state index contributed by atoms with van der Waals surface area (Å²) in [5.41, 5.74) is 14.0. The molecule has 0 aliphatic carbocycles. The van der Waals surface area contributed by atoms with E-state index in [9.17, 15) is 0 Å². The average Bonchev–Trinajstić information content (AvgIpc) is 2.73.